The predicted molar refractivity (Wildman–Crippen MR) is 85.9 cm³/mol. The SMILES string of the molecule is CCCCCCCCCCNC/C=C(/CC)C(=O)OC. The molecule has 0 aliphatic carbocycles. The smallest absolute Gasteiger partial charge is 0.333 e. The topological polar surface area (TPSA) is 38.3 Å². The lowest BCUT2D eigenvalue weighted by Crippen LogP contribution is -2.16. The van der Waals surface area contributed by atoms with Crippen LogP contribution in [0.25, 0.3) is 0 Å². The number of carbonyl (C=O) groups is 1. The van der Waals surface area contributed by atoms with Gasteiger partial charge in [-0.25, -0.2) is 4.79 Å². The Morgan fingerprint density at radius 2 is 1.60 bits per heavy atom. The molecule has 0 aromatic rings. The van der Waals surface area contributed by atoms with Gasteiger partial charge in [-0.1, -0.05) is 64.9 Å². The van der Waals surface area contributed by atoms with E-state index < -0.39 is 0 Å². The molecule has 0 bridgehead atoms. The molecule has 0 spiro atoms. The molecule has 0 fully saturated rings. The first-order valence-corrected chi connectivity index (χ1v) is 8.24. The lowest BCUT2D eigenvalue weighted by atomic mass is 10.1. The van der Waals surface area contributed by atoms with Crippen LogP contribution >= 0.6 is 0 Å². The van der Waals surface area contributed by atoms with Crippen molar-refractivity contribution in [1.29, 1.82) is 0 Å². The highest BCUT2D eigenvalue weighted by Gasteiger charge is 2.05. The second-order valence-electron chi connectivity index (χ2n) is 5.25. The van der Waals surface area contributed by atoms with Gasteiger partial charge in [0.05, 0.1) is 7.11 Å². The molecular formula is C17H33NO2. The highest BCUT2D eigenvalue weighted by molar-refractivity contribution is 5.88. The molecule has 118 valence electrons. The van der Waals surface area contributed by atoms with Crippen LogP contribution in [0, 0.1) is 0 Å². The molecule has 0 rings (SSSR count). The first-order chi connectivity index (χ1) is 9.76. The van der Waals surface area contributed by atoms with Gasteiger partial charge in [0.15, 0.2) is 0 Å². The van der Waals surface area contributed by atoms with Gasteiger partial charge in [0.2, 0.25) is 0 Å². The highest BCUT2D eigenvalue weighted by Crippen LogP contribution is 2.08. The second-order valence-corrected chi connectivity index (χ2v) is 5.25. The van der Waals surface area contributed by atoms with Crippen LogP contribution in [-0.2, 0) is 9.53 Å². The summed E-state index contributed by atoms with van der Waals surface area (Å²) in [7, 11) is 1.43. The molecular weight excluding hydrogens is 250 g/mol. The Bertz CT molecular complexity index is 262. The fraction of sp³-hybridized carbons (Fsp3) is 0.824. The van der Waals surface area contributed by atoms with Crippen LogP contribution < -0.4 is 5.32 Å². The Hall–Kier alpha value is -0.830. The number of carbonyl (C=O) groups excluding carboxylic acids is 1. The highest BCUT2D eigenvalue weighted by atomic mass is 16.5. The summed E-state index contributed by atoms with van der Waals surface area (Å²) in [4.78, 5) is 11.3. The Morgan fingerprint density at radius 3 is 2.15 bits per heavy atom. The lowest BCUT2D eigenvalue weighted by Gasteiger charge is -2.04. The molecule has 0 unspecified atom stereocenters. The molecule has 0 aliphatic rings. The minimum atomic E-state index is -0.207. The van der Waals surface area contributed by atoms with Gasteiger partial charge in [0, 0.05) is 12.1 Å². The van der Waals surface area contributed by atoms with Crippen molar-refractivity contribution in [3.8, 4) is 0 Å². The van der Waals surface area contributed by atoms with Crippen molar-refractivity contribution in [2.24, 2.45) is 0 Å². The fourth-order valence-corrected chi connectivity index (χ4v) is 2.18. The van der Waals surface area contributed by atoms with E-state index in [0.29, 0.717) is 0 Å². The number of esters is 1. The summed E-state index contributed by atoms with van der Waals surface area (Å²) < 4.78 is 4.72. The number of rotatable bonds is 13. The molecule has 3 nitrogen and oxygen atoms in total. The van der Waals surface area contributed by atoms with Gasteiger partial charge >= 0.3 is 5.97 Å². The Kier molecular flexibility index (Phi) is 14.0. The van der Waals surface area contributed by atoms with Gasteiger partial charge < -0.3 is 10.1 Å². The van der Waals surface area contributed by atoms with Crippen molar-refractivity contribution in [2.75, 3.05) is 20.2 Å². The van der Waals surface area contributed by atoms with Gasteiger partial charge in [-0.15, -0.1) is 0 Å². The normalized spacial score (nSPS) is 11.7. The van der Waals surface area contributed by atoms with Crippen LogP contribution in [0.4, 0.5) is 0 Å². The van der Waals surface area contributed by atoms with Gasteiger partial charge in [-0.05, 0) is 19.4 Å². The quantitative estimate of drug-likeness (QED) is 0.312. The molecule has 0 heterocycles. The maximum atomic E-state index is 11.3. The van der Waals surface area contributed by atoms with E-state index in [2.05, 4.69) is 12.2 Å². The van der Waals surface area contributed by atoms with Crippen LogP contribution in [-0.4, -0.2) is 26.2 Å². The molecule has 0 amide bonds. The van der Waals surface area contributed by atoms with Crippen LogP contribution in [0.3, 0.4) is 0 Å². The van der Waals surface area contributed by atoms with Crippen molar-refractivity contribution >= 4 is 5.97 Å². The number of methoxy groups -OCH3 is 1. The van der Waals surface area contributed by atoms with Crippen molar-refractivity contribution in [3.63, 3.8) is 0 Å². The zero-order chi connectivity index (χ0) is 15.1. The van der Waals surface area contributed by atoms with Gasteiger partial charge in [-0.2, -0.15) is 0 Å². The van der Waals surface area contributed by atoms with Gasteiger partial charge in [-0.3, -0.25) is 0 Å². The molecule has 0 atom stereocenters. The number of unbranched alkanes of at least 4 members (excludes halogenated alkanes) is 7. The van der Waals surface area contributed by atoms with E-state index in [-0.39, 0.29) is 5.97 Å². The van der Waals surface area contributed by atoms with E-state index in [9.17, 15) is 4.79 Å². The largest absolute Gasteiger partial charge is 0.466 e. The third-order valence-corrected chi connectivity index (χ3v) is 3.53. The standard InChI is InChI=1S/C17H33NO2/c1-4-6-7-8-9-10-11-12-14-18-15-13-16(5-2)17(19)20-3/h13,18H,4-12,14-15H2,1-3H3/b16-13-. The minimum Gasteiger partial charge on any atom is -0.466 e. The number of hydrogen-bond acceptors (Lipinski definition) is 3. The predicted octanol–water partition coefficient (Wildman–Crippen LogP) is 4.23. The summed E-state index contributed by atoms with van der Waals surface area (Å²) in [5.41, 5.74) is 0.760. The van der Waals surface area contributed by atoms with Crippen LogP contribution in [0.2, 0.25) is 0 Å². The lowest BCUT2D eigenvalue weighted by molar-refractivity contribution is -0.136. The number of ether oxygens (including phenoxy) is 1. The van der Waals surface area contributed by atoms with Crippen LogP contribution in [0.15, 0.2) is 11.6 Å². The monoisotopic (exact) mass is 283 g/mol. The van der Waals surface area contributed by atoms with Crippen molar-refractivity contribution in [1.82, 2.24) is 5.32 Å². The second kappa shape index (κ2) is 14.6. The molecule has 0 aliphatic heterocycles. The van der Waals surface area contributed by atoms with Crippen molar-refractivity contribution in [2.45, 2.75) is 71.6 Å². The van der Waals surface area contributed by atoms with E-state index in [1.54, 1.807) is 0 Å². The van der Waals surface area contributed by atoms with E-state index in [0.717, 1.165) is 25.1 Å². The Labute approximate surface area is 125 Å². The zero-order valence-electron chi connectivity index (χ0n) is 13.7. The summed E-state index contributed by atoms with van der Waals surface area (Å²) in [6.07, 6.45) is 13.4. The summed E-state index contributed by atoms with van der Waals surface area (Å²) in [5, 5.41) is 3.36. The third kappa shape index (κ3) is 11.0. The van der Waals surface area contributed by atoms with Crippen LogP contribution in [0.5, 0.6) is 0 Å². The molecule has 3 heteroatoms. The zero-order valence-corrected chi connectivity index (χ0v) is 13.7. The molecule has 0 saturated heterocycles. The van der Waals surface area contributed by atoms with E-state index in [1.807, 2.05) is 13.0 Å². The summed E-state index contributed by atoms with van der Waals surface area (Å²) in [6, 6.07) is 0. The maximum absolute atomic E-state index is 11.3. The maximum Gasteiger partial charge on any atom is 0.333 e. The first kappa shape index (κ1) is 19.2. The molecule has 0 aromatic carbocycles. The average Bonchev–Trinajstić information content (AvgIpc) is 2.48. The van der Waals surface area contributed by atoms with E-state index in [4.69, 9.17) is 4.74 Å². The van der Waals surface area contributed by atoms with Crippen LogP contribution in [0.1, 0.15) is 71.6 Å². The molecule has 20 heavy (non-hydrogen) atoms. The van der Waals surface area contributed by atoms with E-state index >= 15 is 0 Å². The summed E-state index contributed by atoms with van der Waals surface area (Å²) >= 11 is 0. The fourth-order valence-electron chi connectivity index (χ4n) is 2.18. The molecule has 0 saturated carbocycles. The summed E-state index contributed by atoms with van der Waals surface area (Å²) in [6.45, 7) is 6.02. The number of nitrogens with one attached hydrogen (secondary N) is 1. The van der Waals surface area contributed by atoms with Gasteiger partial charge in [0.1, 0.15) is 0 Å². The Balaban J connectivity index is 3.39. The average molecular weight is 283 g/mol. The third-order valence-electron chi connectivity index (χ3n) is 3.53. The molecule has 1 N–H and O–H groups in total. The van der Waals surface area contributed by atoms with Crippen molar-refractivity contribution in [3.05, 3.63) is 11.6 Å². The molecule has 0 aromatic heterocycles. The Morgan fingerprint density at radius 1 is 1.00 bits per heavy atom. The van der Waals surface area contributed by atoms with Gasteiger partial charge in [0.25, 0.3) is 0 Å². The van der Waals surface area contributed by atoms with Crippen molar-refractivity contribution < 1.29 is 9.53 Å². The first-order valence-electron chi connectivity index (χ1n) is 8.24. The summed E-state index contributed by atoms with van der Waals surface area (Å²) in [5.74, 6) is -0.207. The van der Waals surface area contributed by atoms with E-state index in [1.165, 1.54) is 58.5 Å². The molecule has 0 radical (unpaired) electrons. The minimum absolute atomic E-state index is 0.207. The number of hydrogen-bond donors (Lipinski definition) is 1.